The number of rotatable bonds is 2. The zero-order valence-electron chi connectivity index (χ0n) is 14.3. The van der Waals surface area contributed by atoms with Gasteiger partial charge in [0, 0.05) is 16.6 Å². The minimum Gasteiger partial charge on any atom is -0.434 e. The van der Waals surface area contributed by atoms with Crippen molar-refractivity contribution in [1.29, 1.82) is 0 Å². The van der Waals surface area contributed by atoms with Crippen molar-refractivity contribution in [2.75, 3.05) is 5.32 Å². The summed E-state index contributed by atoms with van der Waals surface area (Å²) < 4.78 is 5.87. The maximum absolute atomic E-state index is 12.8. The van der Waals surface area contributed by atoms with Gasteiger partial charge in [-0.05, 0) is 46.8 Å². The van der Waals surface area contributed by atoms with Gasteiger partial charge in [0.1, 0.15) is 0 Å². The summed E-state index contributed by atoms with van der Waals surface area (Å²) in [6.07, 6.45) is -0.536. The molecule has 0 radical (unpaired) electrons. The van der Waals surface area contributed by atoms with Crippen molar-refractivity contribution in [3.8, 4) is 0 Å². The lowest BCUT2D eigenvalue weighted by Gasteiger charge is -2.20. The fraction of sp³-hybridized carbons (Fsp3) is 0.0870. The van der Waals surface area contributed by atoms with Crippen molar-refractivity contribution in [1.82, 2.24) is 0 Å². The molecule has 1 heterocycles. The highest BCUT2D eigenvalue weighted by Gasteiger charge is 2.27. The third-order valence-electron chi connectivity index (χ3n) is 4.96. The van der Waals surface area contributed by atoms with Crippen LogP contribution in [0.5, 0.6) is 0 Å². The van der Waals surface area contributed by atoms with Crippen LogP contribution < -0.4 is 5.32 Å². The summed E-state index contributed by atoms with van der Waals surface area (Å²) >= 11 is 0. The van der Waals surface area contributed by atoms with E-state index in [1.165, 1.54) is 0 Å². The zero-order valence-corrected chi connectivity index (χ0v) is 14.3. The van der Waals surface area contributed by atoms with Crippen LogP contribution in [0, 0.1) is 6.92 Å². The fourth-order valence-corrected chi connectivity index (χ4v) is 3.80. The first-order chi connectivity index (χ1) is 12.7. The topological polar surface area (TPSA) is 38.3 Å². The summed E-state index contributed by atoms with van der Waals surface area (Å²) in [5, 5.41) is 7.60. The second-order valence-electron chi connectivity index (χ2n) is 6.71. The number of anilines is 1. The van der Waals surface area contributed by atoms with E-state index >= 15 is 0 Å². The first-order valence-electron chi connectivity index (χ1n) is 8.69. The predicted octanol–water partition coefficient (Wildman–Crippen LogP) is 5.58. The highest BCUT2D eigenvalue weighted by Crippen LogP contribution is 2.38. The Bertz CT molecular complexity index is 1180. The van der Waals surface area contributed by atoms with Crippen LogP contribution in [0.15, 0.2) is 72.8 Å². The molecular formula is C23H17NO2. The van der Waals surface area contributed by atoms with Gasteiger partial charge in [0.25, 0.3) is 0 Å². The number of aryl methyl sites for hydroxylation is 1. The number of hydrogen-bond donors (Lipinski definition) is 1. The summed E-state index contributed by atoms with van der Waals surface area (Å²) in [5.41, 5.74) is 3.68. The van der Waals surface area contributed by atoms with Crippen LogP contribution in [0.4, 0.5) is 5.69 Å². The minimum absolute atomic E-state index is 0.301. The van der Waals surface area contributed by atoms with Crippen molar-refractivity contribution < 1.29 is 9.53 Å². The average molecular weight is 339 g/mol. The Morgan fingerprint density at radius 3 is 2.38 bits per heavy atom. The molecule has 0 saturated heterocycles. The summed E-state index contributed by atoms with van der Waals surface area (Å²) in [7, 11) is 0. The van der Waals surface area contributed by atoms with Crippen molar-refractivity contribution in [3.05, 3.63) is 89.5 Å². The van der Waals surface area contributed by atoms with Gasteiger partial charge in [-0.25, -0.2) is 4.79 Å². The first kappa shape index (κ1) is 15.0. The van der Waals surface area contributed by atoms with E-state index in [1.54, 1.807) is 0 Å². The minimum atomic E-state index is -0.536. The molecule has 0 amide bonds. The van der Waals surface area contributed by atoms with E-state index in [4.69, 9.17) is 4.74 Å². The molecule has 3 nitrogen and oxygen atoms in total. The van der Waals surface area contributed by atoms with Crippen LogP contribution >= 0.6 is 0 Å². The van der Waals surface area contributed by atoms with E-state index < -0.39 is 6.23 Å². The molecule has 1 N–H and O–H groups in total. The Labute approximate surface area is 151 Å². The molecule has 126 valence electrons. The quantitative estimate of drug-likeness (QED) is 0.382. The largest absolute Gasteiger partial charge is 0.434 e. The van der Waals surface area contributed by atoms with Gasteiger partial charge in [-0.2, -0.15) is 0 Å². The van der Waals surface area contributed by atoms with Gasteiger partial charge in [-0.3, -0.25) is 0 Å². The lowest BCUT2D eigenvalue weighted by Crippen LogP contribution is -2.17. The predicted molar refractivity (Wildman–Crippen MR) is 104 cm³/mol. The molecule has 4 aromatic carbocycles. The monoisotopic (exact) mass is 339 g/mol. The maximum atomic E-state index is 12.8. The van der Waals surface area contributed by atoms with Crippen LogP contribution in [-0.2, 0) is 4.74 Å². The Morgan fingerprint density at radius 1 is 0.846 bits per heavy atom. The second kappa shape index (κ2) is 5.60. The maximum Gasteiger partial charge on any atom is 0.340 e. The number of nitrogens with one attached hydrogen (secondary N) is 1. The number of carbonyl (C=O) groups excluding carboxylic acids is 1. The number of ether oxygens (including phenoxy) is 1. The van der Waals surface area contributed by atoms with E-state index in [1.807, 2.05) is 61.5 Å². The molecule has 26 heavy (non-hydrogen) atoms. The van der Waals surface area contributed by atoms with Gasteiger partial charge in [-0.15, -0.1) is 0 Å². The standard InChI is InChI=1S/C23H17NO2/c1-14-5-2-8-17(13-14)24-22-18-9-3-6-15-11-12-16-7-4-10-19(23(25)26-22)21(16)20(15)18/h2-13,22,24H,1H3. The SMILES string of the molecule is Cc1cccc(NC2OC(=O)c3cccc4ccc5cccc2c5c34)c1. The van der Waals surface area contributed by atoms with E-state index in [9.17, 15) is 4.79 Å². The first-order valence-corrected chi connectivity index (χ1v) is 8.69. The average Bonchev–Trinajstić information content (AvgIpc) is 2.77. The number of benzene rings is 4. The van der Waals surface area contributed by atoms with E-state index in [-0.39, 0.29) is 5.97 Å². The molecule has 1 unspecified atom stereocenters. The highest BCUT2D eigenvalue weighted by atomic mass is 16.6. The van der Waals surface area contributed by atoms with Gasteiger partial charge < -0.3 is 10.1 Å². The third-order valence-corrected chi connectivity index (χ3v) is 4.96. The number of carbonyl (C=O) groups is 1. The Balaban J connectivity index is 1.77. The number of cyclic esters (lactones) is 1. The van der Waals surface area contributed by atoms with Crippen molar-refractivity contribution in [2.24, 2.45) is 0 Å². The van der Waals surface area contributed by atoms with Gasteiger partial charge in [0.05, 0.1) is 5.56 Å². The second-order valence-corrected chi connectivity index (χ2v) is 6.71. The smallest absolute Gasteiger partial charge is 0.340 e. The third kappa shape index (κ3) is 2.25. The Morgan fingerprint density at radius 2 is 1.58 bits per heavy atom. The van der Waals surface area contributed by atoms with E-state index in [0.717, 1.165) is 38.4 Å². The van der Waals surface area contributed by atoms with Crippen LogP contribution in [0.3, 0.4) is 0 Å². The zero-order chi connectivity index (χ0) is 17.7. The normalized spacial score (nSPS) is 15.9. The summed E-state index contributed by atoms with van der Waals surface area (Å²) in [6.45, 7) is 2.04. The Kier molecular flexibility index (Phi) is 3.22. The number of esters is 1. The molecule has 0 fully saturated rings. The molecule has 0 spiro atoms. The van der Waals surface area contributed by atoms with E-state index in [0.29, 0.717) is 5.56 Å². The van der Waals surface area contributed by atoms with Gasteiger partial charge in [-0.1, -0.05) is 54.6 Å². The van der Waals surface area contributed by atoms with Gasteiger partial charge in [0.15, 0.2) is 0 Å². The molecule has 1 aliphatic heterocycles. The fourth-order valence-electron chi connectivity index (χ4n) is 3.80. The van der Waals surface area contributed by atoms with Gasteiger partial charge >= 0.3 is 5.97 Å². The molecule has 0 aromatic heterocycles. The lowest BCUT2D eigenvalue weighted by molar-refractivity contribution is 0.0365. The van der Waals surface area contributed by atoms with Gasteiger partial charge in [0.2, 0.25) is 6.23 Å². The molecule has 4 aromatic rings. The molecule has 1 aliphatic rings. The van der Waals surface area contributed by atoms with Crippen LogP contribution in [0.25, 0.3) is 21.5 Å². The van der Waals surface area contributed by atoms with E-state index in [2.05, 4.69) is 23.5 Å². The molecule has 0 bridgehead atoms. The number of hydrogen-bond acceptors (Lipinski definition) is 3. The van der Waals surface area contributed by atoms with Crippen molar-refractivity contribution >= 4 is 33.2 Å². The summed E-state index contributed by atoms with van der Waals surface area (Å²) in [6, 6.07) is 24.1. The summed E-state index contributed by atoms with van der Waals surface area (Å²) in [4.78, 5) is 12.8. The molecule has 5 rings (SSSR count). The Hall–Kier alpha value is -3.33. The molecule has 0 aliphatic carbocycles. The van der Waals surface area contributed by atoms with Crippen LogP contribution in [-0.4, -0.2) is 5.97 Å². The molecule has 3 heteroatoms. The van der Waals surface area contributed by atoms with Crippen molar-refractivity contribution in [2.45, 2.75) is 13.2 Å². The van der Waals surface area contributed by atoms with Crippen LogP contribution in [0.2, 0.25) is 0 Å². The van der Waals surface area contributed by atoms with Crippen molar-refractivity contribution in [3.63, 3.8) is 0 Å². The molecule has 1 atom stereocenters. The highest BCUT2D eigenvalue weighted by molar-refractivity contribution is 6.18. The summed E-state index contributed by atoms with van der Waals surface area (Å²) in [5.74, 6) is -0.301. The molecule has 0 saturated carbocycles. The lowest BCUT2D eigenvalue weighted by atomic mass is 9.94. The molecular weight excluding hydrogens is 322 g/mol. The van der Waals surface area contributed by atoms with Crippen LogP contribution in [0.1, 0.15) is 27.7 Å².